The molecular weight excluding hydrogens is 292 g/mol. The lowest BCUT2D eigenvalue weighted by Gasteiger charge is -2.05. The minimum atomic E-state index is -0.312. The van der Waals surface area contributed by atoms with Crippen LogP contribution in [-0.4, -0.2) is 25.3 Å². The zero-order valence-corrected chi connectivity index (χ0v) is 13.3. The monoisotopic (exact) mass is 312 g/mol. The summed E-state index contributed by atoms with van der Waals surface area (Å²) in [6.07, 6.45) is 1.57. The Morgan fingerprint density at radius 3 is 2.30 bits per heavy atom. The number of ether oxygens (including phenoxy) is 2. The van der Waals surface area contributed by atoms with Gasteiger partial charge in [0.1, 0.15) is 11.5 Å². The lowest BCUT2D eigenvalue weighted by Crippen LogP contribution is -2.24. The predicted octanol–water partition coefficient (Wildman–Crippen LogP) is 2.92. The number of hydrogen-bond donors (Lipinski definition) is 1. The first kappa shape index (κ1) is 16.5. The number of nitrogens with one attached hydrogen (secondary N) is 1. The largest absolute Gasteiger partial charge is 0.494 e. The lowest BCUT2D eigenvalue weighted by atomic mass is 10.2. The predicted molar refractivity (Wildman–Crippen MR) is 90.0 cm³/mol. The average molecular weight is 312 g/mol. The molecule has 0 unspecified atom stereocenters. The van der Waals surface area contributed by atoms with Crippen LogP contribution in [0.5, 0.6) is 11.5 Å². The van der Waals surface area contributed by atoms with Gasteiger partial charge >= 0.3 is 0 Å². The molecule has 0 aliphatic rings. The Balaban J connectivity index is 1.75. The first-order valence-electron chi connectivity index (χ1n) is 7.41. The molecule has 0 saturated carbocycles. The van der Waals surface area contributed by atoms with E-state index < -0.39 is 0 Å². The van der Waals surface area contributed by atoms with Crippen molar-refractivity contribution in [2.75, 3.05) is 13.2 Å². The van der Waals surface area contributed by atoms with Crippen LogP contribution in [0.25, 0.3) is 0 Å². The van der Waals surface area contributed by atoms with E-state index in [0.717, 1.165) is 16.9 Å². The van der Waals surface area contributed by atoms with Crippen molar-refractivity contribution in [3.8, 4) is 11.5 Å². The molecule has 0 atom stereocenters. The van der Waals surface area contributed by atoms with Gasteiger partial charge in [-0.15, -0.1) is 0 Å². The molecule has 120 valence electrons. The topological polar surface area (TPSA) is 59.9 Å². The summed E-state index contributed by atoms with van der Waals surface area (Å²) in [7, 11) is 0. The van der Waals surface area contributed by atoms with Gasteiger partial charge in [-0.05, 0) is 55.8 Å². The number of nitrogens with zero attached hydrogens (tertiary/aromatic N) is 1. The normalized spacial score (nSPS) is 10.5. The van der Waals surface area contributed by atoms with Gasteiger partial charge in [0.2, 0.25) is 0 Å². The number of hydrazone groups is 1. The maximum absolute atomic E-state index is 11.6. The van der Waals surface area contributed by atoms with Crippen molar-refractivity contribution in [2.45, 2.75) is 13.8 Å². The highest BCUT2D eigenvalue weighted by Crippen LogP contribution is 2.11. The Morgan fingerprint density at radius 2 is 1.65 bits per heavy atom. The van der Waals surface area contributed by atoms with Crippen LogP contribution in [-0.2, 0) is 4.79 Å². The summed E-state index contributed by atoms with van der Waals surface area (Å²) in [6.45, 7) is 4.48. The average Bonchev–Trinajstić information content (AvgIpc) is 2.56. The summed E-state index contributed by atoms with van der Waals surface area (Å²) in [4.78, 5) is 11.6. The number of benzene rings is 2. The van der Waals surface area contributed by atoms with Gasteiger partial charge in [-0.2, -0.15) is 5.10 Å². The summed E-state index contributed by atoms with van der Waals surface area (Å²) >= 11 is 0. The third-order valence-electron chi connectivity index (χ3n) is 2.98. The molecule has 0 fully saturated rings. The second-order valence-corrected chi connectivity index (χ2v) is 4.90. The first-order valence-corrected chi connectivity index (χ1v) is 7.41. The third-order valence-corrected chi connectivity index (χ3v) is 2.98. The highest BCUT2D eigenvalue weighted by Gasteiger charge is 2.01. The smallest absolute Gasteiger partial charge is 0.277 e. The zero-order chi connectivity index (χ0) is 16.5. The fourth-order valence-electron chi connectivity index (χ4n) is 1.81. The van der Waals surface area contributed by atoms with Crippen LogP contribution in [0.3, 0.4) is 0 Å². The lowest BCUT2D eigenvalue weighted by molar-refractivity contribution is -0.123. The second kappa shape index (κ2) is 8.58. The van der Waals surface area contributed by atoms with Crippen molar-refractivity contribution in [3.05, 3.63) is 59.7 Å². The molecule has 0 aliphatic heterocycles. The van der Waals surface area contributed by atoms with Crippen LogP contribution >= 0.6 is 0 Å². The van der Waals surface area contributed by atoms with E-state index in [1.165, 1.54) is 0 Å². The van der Waals surface area contributed by atoms with Crippen molar-refractivity contribution in [3.63, 3.8) is 0 Å². The Hall–Kier alpha value is -2.82. The van der Waals surface area contributed by atoms with Crippen molar-refractivity contribution in [1.82, 2.24) is 5.43 Å². The molecule has 0 heterocycles. The van der Waals surface area contributed by atoms with Crippen molar-refractivity contribution in [1.29, 1.82) is 0 Å². The van der Waals surface area contributed by atoms with Crippen LogP contribution in [0.15, 0.2) is 53.6 Å². The van der Waals surface area contributed by atoms with Gasteiger partial charge in [-0.25, -0.2) is 5.43 Å². The maximum Gasteiger partial charge on any atom is 0.277 e. The number of rotatable bonds is 7. The fourth-order valence-corrected chi connectivity index (χ4v) is 1.81. The van der Waals surface area contributed by atoms with Gasteiger partial charge in [0.05, 0.1) is 12.8 Å². The van der Waals surface area contributed by atoms with Crippen LogP contribution in [0.4, 0.5) is 0 Å². The van der Waals surface area contributed by atoms with E-state index in [1.54, 1.807) is 6.21 Å². The van der Waals surface area contributed by atoms with Gasteiger partial charge in [0, 0.05) is 0 Å². The highest BCUT2D eigenvalue weighted by atomic mass is 16.5. The van der Waals surface area contributed by atoms with Gasteiger partial charge in [0.25, 0.3) is 5.91 Å². The molecule has 0 saturated heterocycles. The van der Waals surface area contributed by atoms with E-state index >= 15 is 0 Å². The van der Waals surface area contributed by atoms with E-state index in [0.29, 0.717) is 12.4 Å². The highest BCUT2D eigenvalue weighted by molar-refractivity contribution is 5.83. The SMILES string of the molecule is CCOc1ccc(/C=N\NC(=O)COc2ccc(C)cc2)cc1. The molecule has 23 heavy (non-hydrogen) atoms. The van der Waals surface area contributed by atoms with Crippen LogP contribution in [0, 0.1) is 6.92 Å². The third kappa shape index (κ3) is 5.82. The number of amides is 1. The number of carbonyl (C=O) groups is 1. The zero-order valence-electron chi connectivity index (χ0n) is 13.3. The Labute approximate surface area is 135 Å². The summed E-state index contributed by atoms with van der Waals surface area (Å²) in [6, 6.07) is 14.9. The molecular formula is C18H20N2O3. The van der Waals surface area contributed by atoms with Crippen LogP contribution < -0.4 is 14.9 Å². The molecule has 0 bridgehead atoms. The van der Waals surface area contributed by atoms with Gasteiger partial charge in [-0.3, -0.25) is 4.79 Å². The van der Waals surface area contributed by atoms with E-state index in [9.17, 15) is 4.79 Å². The Kier molecular flexibility index (Phi) is 6.17. The summed E-state index contributed by atoms with van der Waals surface area (Å²) in [5, 5.41) is 3.90. The van der Waals surface area contributed by atoms with E-state index in [1.807, 2.05) is 62.4 Å². The Morgan fingerprint density at radius 1 is 1.04 bits per heavy atom. The molecule has 5 nitrogen and oxygen atoms in total. The van der Waals surface area contributed by atoms with Crippen LogP contribution in [0.2, 0.25) is 0 Å². The fraction of sp³-hybridized carbons (Fsp3) is 0.222. The molecule has 0 aliphatic carbocycles. The molecule has 2 rings (SSSR count). The number of aryl methyl sites for hydroxylation is 1. The quantitative estimate of drug-likeness (QED) is 0.631. The van der Waals surface area contributed by atoms with E-state index in [4.69, 9.17) is 9.47 Å². The minimum Gasteiger partial charge on any atom is -0.494 e. The van der Waals surface area contributed by atoms with Gasteiger partial charge in [-0.1, -0.05) is 17.7 Å². The molecule has 1 amide bonds. The molecule has 2 aromatic rings. The first-order chi connectivity index (χ1) is 11.2. The van der Waals surface area contributed by atoms with E-state index in [2.05, 4.69) is 10.5 Å². The second-order valence-electron chi connectivity index (χ2n) is 4.90. The Bertz CT molecular complexity index is 649. The summed E-state index contributed by atoms with van der Waals surface area (Å²) in [5.74, 6) is 1.15. The maximum atomic E-state index is 11.6. The van der Waals surface area contributed by atoms with Crippen LogP contribution in [0.1, 0.15) is 18.1 Å². The molecule has 0 radical (unpaired) electrons. The molecule has 2 aromatic carbocycles. The molecule has 1 N–H and O–H groups in total. The molecule has 0 spiro atoms. The van der Waals surface area contributed by atoms with Gasteiger partial charge in [0.15, 0.2) is 6.61 Å². The minimum absolute atomic E-state index is 0.0797. The number of carbonyl (C=O) groups excluding carboxylic acids is 1. The van der Waals surface area contributed by atoms with Crippen molar-refractivity contribution in [2.24, 2.45) is 5.10 Å². The van der Waals surface area contributed by atoms with Crippen molar-refractivity contribution < 1.29 is 14.3 Å². The standard InChI is InChI=1S/C18H20N2O3/c1-3-22-16-10-6-15(7-11-16)12-19-20-18(21)13-23-17-8-4-14(2)5-9-17/h4-12H,3,13H2,1-2H3,(H,20,21)/b19-12-. The van der Waals surface area contributed by atoms with Gasteiger partial charge < -0.3 is 9.47 Å². The summed E-state index contributed by atoms with van der Waals surface area (Å²) in [5.41, 5.74) is 4.44. The van der Waals surface area contributed by atoms with E-state index in [-0.39, 0.29) is 12.5 Å². The molecule has 5 heteroatoms. The summed E-state index contributed by atoms with van der Waals surface area (Å²) < 4.78 is 10.7. The number of hydrogen-bond acceptors (Lipinski definition) is 4. The molecule has 0 aromatic heterocycles. The van der Waals surface area contributed by atoms with Crippen molar-refractivity contribution >= 4 is 12.1 Å².